The van der Waals surface area contributed by atoms with Crippen molar-refractivity contribution in [2.24, 2.45) is 0 Å². The van der Waals surface area contributed by atoms with Crippen LogP contribution >= 0.6 is 0 Å². The first-order chi connectivity index (χ1) is 9.90. The van der Waals surface area contributed by atoms with Crippen LogP contribution in [0.25, 0.3) is 0 Å². The van der Waals surface area contributed by atoms with Crippen molar-refractivity contribution >= 4 is 10.0 Å². The Morgan fingerprint density at radius 1 is 1.05 bits per heavy atom. The van der Waals surface area contributed by atoms with E-state index in [-0.39, 0.29) is 17.3 Å². The fourth-order valence-electron chi connectivity index (χ4n) is 1.99. The summed E-state index contributed by atoms with van der Waals surface area (Å²) >= 11 is 0. The fourth-order valence-corrected chi connectivity index (χ4v) is 3.10. The summed E-state index contributed by atoms with van der Waals surface area (Å²) in [5, 5.41) is 0. The van der Waals surface area contributed by atoms with Crippen molar-refractivity contribution in [1.29, 1.82) is 0 Å². The Bertz CT molecular complexity index is 742. The molecule has 21 heavy (non-hydrogen) atoms. The van der Waals surface area contributed by atoms with Crippen LogP contribution in [0.2, 0.25) is 0 Å². The van der Waals surface area contributed by atoms with Crippen LogP contribution in [0.3, 0.4) is 0 Å². The van der Waals surface area contributed by atoms with E-state index in [1.165, 1.54) is 6.07 Å². The van der Waals surface area contributed by atoms with Crippen molar-refractivity contribution in [3.8, 4) is 0 Å². The molecule has 0 unspecified atom stereocenters. The molecule has 0 heterocycles. The predicted octanol–water partition coefficient (Wildman–Crippen LogP) is 2.96. The van der Waals surface area contributed by atoms with E-state index < -0.39 is 10.0 Å². The molecule has 0 amide bonds. The number of halogens is 1. The quantitative estimate of drug-likeness (QED) is 0.923. The van der Waals surface area contributed by atoms with Gasteiger partial charge >= 0.3 is 0 Å². The van der Waals surface area contributed by atoms with E-state index in [0.29, 0.717) is 12.0 Å². The third-order valence-electron chi connectivity index (χ3n) is 3.43. The number of nitrogens with one attached hydrogen (secondary N) is 1. The number of sulfonamides is 1. The first-order valence-electron chi connectivity index (χ1n) is 6.70. The molecule has 0 saturated heterocycles. The van der Waals surface area contributed by atoms with Crippen molar-refractivity contribution in [1.82, 2.24) is 4.72 Å². The lowest BCUT2D eigenvalue weighted by atomic mass is 10.1. The molecule has 3 nitrogen and oxygen atoms in total. The van der Waals surface area contributed by atoms with Gasteiger partial charge in [0.2, 0.25) is 10.0 Å². The molecule has 0 atom stereocenters. The van der Waals surface area contributed by atoms with Crippen LogP contribution < -0.4 is 4.72 Å². The Balaban J connectivity index is 2.05. The second-order valence-electron chi connectivity index (χ2n) is 4.99. The third kappa shape index (κ3) is 3.89. The van der Waals surface area contributed by atoms with Gasteiger partial charge in [-0.3, -0.25) is 0 Å². The van der Waals surface area contributed by atoms with E-state index in [0.717, 1.165) is 11.1 Å². The van der Waals surface area contributed by atoms with Gasteiger partial charge in [0.1, 0.15) is 5.82 Å². The van der Waals surface area contributed by atoms with Gasteiger partial charge in [-0.05, 0) is 55.2 Å². The van der Waals surface area contributed by atoms with Gasteiger partial charge in [-0.15, -0.1) is 0 Å². The van der Waals surface area contributed by atoms with E-state index in [2.05, 4.69) is 4.72 Å². The van der Waals surface area contributed by atoms with Crippen molar-refractivity contribution < 1.29 is 12.8 Å². The topological polar surface area (TPSA) is 46.2 Å². The highest BCUT2D eigenvalue weighted by Gasteiger charge is 2.14. The molecule has 2 aromatic carbocycles. The molecule has 0 aliphatic carbocycles. The number of benzene rings is 2. The minimum absolute atomic E-state index is 0.163. The number of aryl methyl sites for hydroxylation is 2. The van der Waals surface area contributed by atoms with Crippen LogP contribution in [0.15, 0.2) is 47.4 Å². The van der Waals surface area contributed by atoms with Gasteiger partial charge in [0.25, 0.3) is 0 Å². The lowest BCUT2D eigenvalue weighted by Crippen LogP contribution is -2.26. The minimum Gasteiger partial charge on any atom is -0.211 e. The van der Waals surface area contributed by atoms with Gasteiger partial charge in [0.15, 0.2) is 0 Å². The molecule has 1 N–H and O–H groups in total. The second kappa shape index (κ2) is 6.37. The standard InChI is InChI=1S/C16H18FNO2S/c1-12-7-8-15(11-13(12)2)21(19,20)18-10-9-14-5-3-4-6-16(14)17/h3-8,11,18H,9-10H2,1-2H3. The highest BCUT2D eigenvalue weighted by atomic mass is 32.2. The van der Waals surface area contributed by atoms with Crippen molar-refractivity contribution in [2.75, 3.05) is 6.54 Å². The Hall–Kier alpha value is -1.72. The van der Waals surface area contributed by atoms with Gasteiger partial charge in [0, 0.05) is 6.54 Å². The summed E-state index contributed by atoms with van der Waals surface area (Å²) in [4.78, 5) is 0.235. The van der Waals surface area contributed by atoms with Gasteiger partial charge in [-0.1, -0.05) is 24.3 Å². The molecule has 0 aliphatic heterocycles. The number of hydrogen-bond donors (Lipinski definition) is 1. The van der Waals surface area contributed by atoms with Crippen LogP contribution in [0.1, 0.15) is 16.7 Å². The lowest BCUT2D eigenvalue weighted by Gasteiger charge is -2.09. The molecule has 0 radical (unpaired) electrons. The SMILES string of the molecule is Cc1ccc(S(=O)(=O)NCCc2ccccc2F)cc1C. The predicted molar refractivity (Wildman–Crippen MR) is 81.2 cm³/mol. The van der Waals surface area contributed by atoms with Gasteiger partial charge in [-0.25, -0.2) is 17.5 Å². The summed E-state index contributed by atoms with van der Waals surface area (Å²) < 4.78 is 40.3. The monoisotopic (exact) mass is 307 g/mol. The van der Waals surface area contributed by atoms with E-state index >= 15 is 0 Å². The molecular formula is C16H18FNO2S. The zero-order chi connectivity index (χ0) is 15.5. The Morgan fingerprint density at radius 2 is 1.76 bits per heavy atom. The summed E-state index contributed by atoms with van der Waals surface area (Å²) in [5.41, 5.74) is 2.47. The van der Waals surface area contributed by atoms with Crippen molar-refractivity contribution in [2.45, 2.75) is 25.2 Å². The maximum Gasteiger partial charge on any atom is 0.240 e. The molecule has 5 heteroatoms. The summed E-state index contributed by atoms with van der Waals surface area (Å²) in [6.45, 7) is 3.96. The summed E-state index contributed by atoms with van der Waals surface area (Å²) in [5.74, 6) is -0.317. The minimum atomic E-state index is -3.55. The molecule has 2 rings (SSSR count). The molecule has 0 aliphatic rings. The van der Waals surface area contributed by atoms with Crippen molar-refractivity contribution in [3.63, 3.8) is 0 Å². The average Bonchev–Trinajstić information content (AvgIpc) is 2.44. The van der Waals surface area contributed by atoms with E-state index in [4.69, 9.17) is 0 Å². The Labute approximate surface area is 124 Å². The normalized spacial score (nSPS) is 11.6. The molecule has 0 aromatic heterocycles. The summed E-state index contributed by atoms with van der Waals surface area (Å²) in [6.07, 6.45) is 0.316. The van der Waals surface area contributed by atoms with Gasteiger partial charge < -0.3 is 0 Å². The zero-order valence-corrected chi connectivity index (χ0v) is 12.9. The molecule has 0 fully saturated rings. The molecule has 112 valence electrons. The molecule has 0 spiro atoms. The lowest BCUT2D eigenvalue weighted by molar-refractivity contribution is 0.577. The molecule has 0 bridgehead atoms. The van der Waals surface area contributed by atoms with Crippen LogP contribution in [-0.4, -0.2) is 15.0 Å². The second-order valence-corrected chi connectivity index (χ2v) is 6.75. The third-order valence-corrected chi connectivity index (χ3v) is 4.89. The summed E-state index contributed by atoms with van der Waals surface area (Å²) in [6, 6.07) is 11.4. The van der Waals surface area contributed by atoms with E-state index in [1.54, 1.807) is 36.4 Å². The smallest absolute Gasteiger partial charge is 0.211 e. The Kier molecular flexibility index (Phi) is 4.75. The first kappa shape index (κ1) is 15.7. The van der Waals surface area contributed by atoms with Gasteiger partial charge in [-0.2, -0.15) is 0 Å². The number of rotatable bonds is 5. The first-order valence-corrected chi connectivity index (χ1v) is 8.19. The van der Waals surface area contributed by atoms with Gasteiger partial charge in [0.05, 0.1) is 4.90 Å². The van der Waals surface area contributed by atoms with E-state index in [1.807, 2.05) is 13.8 Å². The highest BCUT2D eigenvalue weighted by molar-refractivity contribution is 7.89. The maximum atomic E-state index is 13.5. The Morgan fingerprint density at radius 3 is 2.43 bits per heavy atom. The largest absolute Gasteiger partial charge is 0.240 e. The fraction of sp³-hybridized carbons (Fsp3) is 0.250. The number of hydrogen-bond acceptors (Lipinski definition) is 2. The molecular weight excluding hydrogens is 289 g/mol. The summed E-state index contributed by atoms with van der Waals surface area (Å²) in [7, 11) is -3.55. The van der Waals surface area contributed by atoms with Crippen LogP contribution in [-0.2, 0) is 16.4 Å². The van der Waals surface area contributed by atoms with Crippen LogP contribution in [0, 0.1) is 19.7 Å². The van der Waals surface area contributed by atoms with Crippen molar-refractivity contribution in [3.05, 3.63) is 65.0 Å². The zero-order valence-electron chi connectivity index (χ0n) is 12.1. The van der Waals surface area contributed by atoms with E-state index in [9.17, 15) is 12.8 Å². The van der Waals surface area contributed by atoms with Crippen LogP contribution in [0.5, 0.6) is 0 Å². The molecule has 0 saturated carbocycles. The molecule has 2 aromatic rings. The highest BCUT2D eigenvalue weighted by Crippen LogP contribution is 2.14. The average molecular weight is 307 g/mol. The maximum absolute atomic E-state index is 13.5. The van der Waals surface area contributed by atoms with Crippen LogP contribution in [0.4, 0.5) is 4.39 Å².